The third-order valence-corrected chi connectivity index (χ3v) is 6.73. The average molecular weight is 574 g/mol. The molecule has 0 aliphatic heterocycles. The van der Waals surface area contributed by atoms with E-state index in [0.717, 1.165) is 10.2 Å². The summed E-state index contributed by atoms with van der Waals surface area (Å²) in [6.45, 7) is 0.112. The number of esters is 1. The van der Waals surface area contributed by atoms with Crippen molar-refractivity contribution in [3.8, 4) is 11.4 Å². The number of methoxy groups -OCH3 is 1. The second kappa shape index (κ2) is 12.3. The van der Waals surface area contributed by atoms with Crippen LogP contribution in [0.2, 0.25) is 15.1 Å². The maximum Gasteiger partial charge on any atom is 0.347 e. The molecule has 0 aliphatic carbocycles. The molecule has 8 nitrogen and oxygen atoms in total. The van der Waals surface area contributed by atoms with Crippen molar-refractivity contribution in [2.75, 3.05) is 13.7 Å². The molecule has 4 rings (SSSR count). The summed E-state index contributed by atoms with van der Waals surface area (Å²) >= 11 is 18.4. The summed E-state index contributed by atoms with van der Waals surface area (Å²) in [5, 5.41) is 8.79. The number of amides is 1. The Morgan fingerprint density at radius 2 is 1.66 bits per heavy atom. The Bertz CT molecular complexity index is 1510. The van der Waals surface area contributed by atoms with E-state index in [2.05, 4.69) is 10.4 Å². The molecule has 1 heterocycles. The predicted molar refractivity (Wildman–Crippen MR) is 147 cm³/mol. The lowest BCUT2D eigenvalue weighted by Crippen LogP contribution is -2.34. The van der Waals surface area contributed by atoms with Crippen molar-refractivity contribution >= 4 is 46.7 Å². The van der Waals surface area contributed by atoms with Gasteiger partial charge in [-0.1, -0.05) is 53.0 Å². The van der Waals surface area contributed by atoms with Gasteiger partial charge in [0.15, 0.2) is 5.82 Å². The molecule has 196 valence electrons. The van der Waals surface area contributed by atoms with Crippen LogP contribution in [0.25, 0.3) is 11.4 Å². The van der Waals surface area contributed by atoms with Gasteiger partial charge in [0.1, 0.15) is 6.54 Å². The number of carbonyl (C=O) groups is 2. The SMILES string of the molecule is COC(=O)c1cccc(Cn2c(-c3ccc(Cl)cc3)nn(CC(=O)NCCc3c(Cl)cccc3Cl)c2=O)c1. The van der Waals surface area contributed by atoms with E-state index in [0.29, 0.717) is 44.0 Å². The van der Waals surface area contributed by atoms with Gasteiger partial charge in [-0.2, -0.15) is 0 Å². The van der Waals surface area contributed by atoms with Gasteiger partial charge in [-0.3, -0.25) is 9.36 Å². The van der Waals surface area contributed by atoms with Crippen LogP contribution in [-0.2, 0) is 29.0 Å². The summed E-state index contributed by atoms with van der Waals surface area (Å²) in [5.41, 5.74) is 1.94. The van der Waals surface area contributed by atoms with Crippen LogP contribution < -0.4 is 11.0 Å². The van der Waals surface area contributed by atoms with Crippen LogP contribution in [0.4, 0.5) is 0 Å². The molecule has 1 N–H and O–H groups in total. The van der Waals surface area contributed by atoms with E-state index >= 15 is 0 Å². The first-order valence-electron chi connectivity index (χ1n) is 11.6. The molecule has 1 amide bonds. The van der Waals surface area contributed by atoms with Gasteiger partial charge in [0, 0.05) is 27.2 Å². The van der Waals surface area contributed by atoms with E-state index in [1.165, 1.54) is 11.7 Å². The normalized spacial score (nSPS) is 10.8. The summed E-state index contributed by atoms with van der Waals surface area (Å²) < 4.78 is 7.34. The zero-order valence-corrected chi connectivity index (χ0v) is 22.6. The fraction of sp³-hybridized carbons (Fsp3) is 0.185. The fourth-order valence-electron chi connectivity index (χ4n) is 3.89. The lowest BCUT2D eigenvalue weighted by atomic mass is 10.1. The highest BCUT2D eigenvalue weighted by Crippen LogP contribution is 2.24. The molecular weight excluding hydrogens is 551 g/mol. The van der Waals surface area contributed by atoms with Crippen molar-refractivity contribution < 1.29 is 14.3 Å². The molecule has 4 aromatic rings. The fourth-order valence-corrected chi connectivity index (χ4v) is 4.60. The van der Waals surface area contributed by atoms with Crippen molar-refractivity contribution in [1.29, 1.82) is 0 Å². The zero-order valence-electron chi connectivity index (χ0n) is 20.3. The maximum atomic E-state index is 13.4. The van der Waals surface area contributed by atoms with Crippen LogP contribution in [0, 0.1) is 0 Å². The minimum Gasteiger partial charge on any atom is -0.465 e. The molecule has 0 unspecified atom stereocenters. The van der Waals surface area contributed by atoms with E-state index in [1.54, 1.807) is 66.7 Å². The first kappa shape index (κ1) is 27.4. The van der Waals surface area contributed by atoms with Crippen LogP contribution >= 0.6 is 34.8 Å². The Morgan fingerprint density at radius 1 is 0.974 bits per heavy atom. The zero-order chi connectivity index (χ0) is 27.2. The summed E-state index contributed by atoms with van der Waals surface area (Å²) in [5.74, 6) is -0.524. The van der Waals surface area contributed by atoms with Crippen LogP contribution in [0.5, 0.6) is 0 Å². The van der Waals surface area contributed by atoms with Crippen molar-refractivity contribution in [1.82, 2.24) is 19.7 Å². The highest BCUT2D eigenvalue weighted by atomic mass is 35.5. The number of nitrogens with one attached hydrogen (secondary N) is 1. The number of halogens is 3. The molecule has 0 aliphatic rings. The molecule has 1 aromatic heterocycles. The first-order chi connectivity index (χ1) is 18.3. The Balaban J connectivity index is 1.57. The molecule has 0 bridgehead atoms. The molecule has 0 fully saturated rings. The van der Waals surface area contributed by atoms with Crippen LogP contribution in [0.3, 0.4) is 0 Å². The molecule has 0 radical (unpaired) electrons. The van der Waals surface area contributed by atoms with Gasteiger partial charge in [-0.15, -0.1) is 5.10 Å². The van der Waals surface area contributed by atoms with Crippen molar-refractivity contribution in [3.05, 3.63) is 109 Å². The van der Waals surface area contributed by atoms with E-state index in [9.17, 15) is 14.4 Å². The molecule has 3 aromatic carbocycles. The highest BCUT2D eigenvalue weighted by molar-refractivity contribution is 6.36. The molecule has 0 saturated carbocycles. The third-order valence-electron chi connectivity index (χ3n) is 5.77. The topological polar surface area (TPSA) is 95.2 Å². The monoisotopic (exact) mass is 572 g/mol. The van der Waals surface area contributed by atoms with Gasteiger partial charge in [-0.25, -0.2) is 14.3 Å². The minimum absolute atomic E-state index is 0.119. The maximum absolute atomic E-state index is 13.4. The van der Waals surface area contributed by atoms with Gasteiger partial charge in [-0.05, 0) is 66.1 Å². The second-order valence-corrected chi connectivity index (χ2v) is 9.60. The van der Waals surface area contributed by atoms with Crippen LogP contribution in [0.1, 0.15) is 21.5 Å². The Labute approximate surface area is 233 Å². The average Bonchev–Trinajstić information content (AvgIpc) is 3.20. The van der Waals surface area contributed by atoms with Crippen molar-refractivity contribution in [3.63, 3.8) is 0 Å². The largest absolute Gasteiger partial charge is 0.465 e. The standard InChI is InChI=1S/C27H23Cl3N4O4/c1-38-26(36)19-5-2-4-17(14-19)15-33-25(18-8-10-20(28)11-9-18)32-34(27(33)37)16-24(35)31-13-12-21-22(29)6-3-7-23(21)30/h2-11,14H,12-13,15-16H2,1H3,(H,31,35). The lowest BCUT2D eigenvalue weighted by Gasteiger charge is -2.08. The van der Waals surface area contributed by atoms with Crippen molar-refractivity contribution in [2.45, 2.75) is 19.5 Å². The number of rotatable bonds is 9. The van der Waals surface area contributed by atoms with Gasteiger partial charge in [0.25, 0.3) is 0 Å². The van der Waals surface area contributed by atoms with Gasteiger partial charge >= 0.3 is 11.7 Å². The number of aromatic nitrogens is 3. The van der Waals surface area contributed by atoms with Gasteiger partial charge < -0.3 is 10.1 Å². The summed E-state index contributed by atoms with van der Waals surface area (Å²) in [7, 11) is 1.30. The van der Waals surface area contributed by atoms with E-state index in [4.69, 9.17) is 39.5 Å². The molecule has 0 spiro atoms. The summed E-state index contributed by atoms with van der Waals surface area (Å²) in [6.07, 6.45) is 0.431. The predicted octanol–water partition coefficient (Wildman–Crippen LogP) is 4.87. The van der Waals surface area contributed by atoms with E-state index in [-0.39, 0.29) is 19.6 Å². The number of ether oxygens (including phenoxy) is 1. The molecule has 0 atom stereocenters. The Morgan fingerprint density at radius 3 is 2.34 bits per heavy atom. The van der Waals surface area contributed by atoms with Crippen molar-refractivity contribution in [2.24, 2.45) is 0 Å². The second-order valence-electron chi connectivity index (χ2n) is 8.35. The molecule has 0 saturated heterocycles. The summed E-state index contributed by atoms with van der Waals surface area (Å²) in [4.78, 5) is 38.0. The third kappa shape index (κ3) is 6.45. The summed E-state index contributed by atoms with van der Waals surface area (Å²) in [6, 6.07) is 18.8. The van der Waals surface area contributed by atoms with E-state index in [1.807, 2.05) is 0 Å². The first-order valence-corrected chi connectivity index (χ1v) is 12.7. The highest BCUT2D eigenvalue weighted by Gasteiger charge is 2.18. The number of hydrogen-bond acceptors (Lipinski definition) is 5. The van der Waals surface area contributed by atoms with Crippen LogP contribution in [-0.4, -0.2) is 39.9 Å². The van der Waals surface area contributed by atoms with Gasteiger partial charge in [0.2, 0.25) is 5.91 Å². The quantitative estimate of drug-likeness (QED) is 0.289. The van der Waals surface area contributed by atoms with E-state index < -0.39 is 17.6 Å². The van der Waals surface area contributed by atoms with Gasteiger partial charge in [0.05, 0.1) is 19.2 Å². The number of benzene rings is 3. The molecule has 38 heavy (non-hydrogen) atoms. The lowest BCUT2D eigenvalue weighted by molar-refractivity contribution is -0.121. The Kier molecular flexibility index (Phi) is 8.89. The molecule has 11 heteroatoms. The number of hydrogen-bond donors (Lipinski definition) is 1. The van der Waals surface area contributed by atoms with Crippen LogP contribution in [0.15, 0.2) is 71.5 Å². The minimum atomic E-state index is -0.484. The number of carbonyl (C=O) groups excluding carboxylic acids is 2. The smallest absolute Gasteiger partial charge is 0.347 e. The molecular formula is C27H23Cl3N4O4. The number of nitrogens with zero attached hydrogens (tertiary/aromatic N) is 3. The Hall–Kier alpha value is -3.59.